The van der Waals surface area contributed by atoms with Crippen molar-refractivity contribution in [2.45, 2.75) is 26.9 Å². The van der Waals surface area contributed by atoms with Crippen molar-refractivity contribution in [3.05, 3.63) is 51.7 Å². The highest BCUT2D eigenvalue weighted by molar-refractivity contribution is 7.09. The highest BCUT2D eigenvalue weighted by Crippen LogP contribution is 2.23. The molecule has 0 aliphatic heterocycles. The van der Waals surface area contributed by atoms with E-state index in [1.165, 1.54) is 21.7 Å². The summed E-state index contributed by atoms with van der Waals surface area (Å²) in [6.45, 7) is 7.27. The largest absolute Gasteiger partial charge is 0.369 e. The van der Waals surface area contributed by atoms with E-state index in [0.717, 1.165) is 19.6 Å². The molecule has 3 heteroatoms. The zero-order valence-electron chi connectivity index (χ0n) is 11.9. The van der Waals surface area contributed by atoms with Gasteiger partial charge in [0, 0.05) is 24.2 Å². The van der Waals surface area contributed by atoms with Crippen molar-refractivity contribution in [1.82, 2.24) is 5.32 Å². The average molecular weight is 274 g/mol. The molecule has 0 atom stereocenters. The number of anilines is 1. The monoisotopic (exact) mass is 274 g/mol. The van der Waals surface area contributed by atoms with E-state index in [0.29, 0.717) is 0 Å². The molecule has 1 aromatic heterocycles. The number of hydrogen-bond donors (Lipinski definition) is 1. The summed E-state index contributed by atoms with van der Waals surface area (Å²) in [5.41, 5.74) is 4.01. The molecule has 0 saturated heterocycles. The third-order valence-corrected chi connectivity index (χ3v) is 4.09. The van der Waals surface area contributed by atoms with E-state index < -0.39 is 0 Å². The molecule has 2 aromatic rings. The van der Waals surface area contributed by atoms with Gasteiger partial charge in [-0.15, -0.1) is 11.3 Å². The quantitative estimate of drug-likeness (QED) is 0.862. The van der Waals surface area contributed by atoms with Crippen molar-refractivity contribution in [3.8, 4) is 0 Å². The molecule has 2 nitrogen and oxygen atoms in total. The molecular formula is C16H22N2S. The molecule has 0 aliphatic rings. The number of nitrogens with zero attached hydrogens (tertiary/aromatic N) is 1. The fourth-order valence-corrected chi connectivity index (χ4v) is 3.00. The number of aryl methyl sites for hydroxylation is 1. The Kier molecular flexibility index (Phi) is 5.00. The van der Waals surface area contributed by atoms with Crippen LogP contribution in [0.15, 0.2) is 35.7 Å². The van der Waals surface area contributed by atoms with E-state index >= 15 is 0 Å². The van der Waals surface area contributed by atoms with Crippen molar-refractivity contribution in [3.63, 3.8) is 0 Å². The Morgan fingerprint density at radius 1 is 1.26 bits per heavy atom. The molecule has 0 aliphatic carbocycles. The smallest absolute Gasteiger partial charge is 0.0519 e. The predicted octanol–water partition coefficient (Wildman–Crippen LogP) is 3.80. The van der Waals surface area contributed by atoms with Gasteiger partial charge in [0.1, 0.15) is 0 Å². The lowest BCUT2D eigenvalue weighted by atomic mass is 10.1. The summed E-state index contributed by atoms with van der Waals surface area (Å²) in [5, 5.41) is 5.50. The van der Waals surface area contributed by atoms with Crippen LogP contribution in [0.25, 0.3) is 0 Å². The van der Waals surface area contributed by atoms with E-state index in [2.05, 4.69) is 66.8 Å². The maximum atomic E-state index is 3.36. The average Bonchev–Trinajstić information content (AvgIpc) is 2.89. The topological polar surface area (TPSA) is 15.3 Å². The normalized spacial score (nSPS) is 10.7. The number of thiophene rings is 1. The third kappa shape index (κ3) is 3.82. The van der Waals surface area contributed by atoms with Crippen LogP contribution in [0, 0.1) is 6.92 Å². The number of nitrogens with one attached hydrogen (secondary N) is 1. The van der Waals surface area contributed by atoms with E-state index in [4.69, 9.17) is 0 Å². The number of hydrogen-bond acceptors (Lipinski definition) is 3. The summed E-state index contributed by atoms with van der Waals surface area (Å²) in [5.74, 6) is 0. The van der Waals surface area contributed by atoms with Crippen molar-refractivity contribution in [2.75, 3.05) is 18.5 Å². The first-order valence-corrected chi connectivity index (χ1v) is 7.62. The minimum absolute atomic E-state index is 0.951. The van der Waals surface area contributed by atoms with Gasteiger partial charge in [-0.25, -0.2) is 0 Å². The van der Waals surface area contributed by atoms with Crippen LogP contribution in [0.4, 0.5) is 5.69 Å². The van der Waals surface area contributed by atoms with Crippen molar-refractivity contribution in [1.29, 1.82) is 0 Å². The summed E-state index contributed by atoms with van der Waals surface area (Å²) < 4.78 is 0. The Balaban J connectivity index is 2.07. The van der Waals surface area contributed by atoms with Gasteiger partial charge in [-0.2, -0.15) is 0 Å². The van der Waals surface area contributed by atoms with E-state index in [1.54, 1.807) is 0 Å². The van der Waals surface area contributed by atoms with Gasteiger partial charge in [-0.1, -0.05) is 25.1 Å². The molecule has 0 unspecified atom stereocenters. The molecule has 0 radical (unpaired) electrons. The first-order valence-electron chi connectivity index (χ1n) is 6.74. The molecule has 19 heavy (non-hydrogen) atoms. The fraction of sp³-hybridized carbons (Fsp3) is 0.375. The fourth-order valence-electron chi connectivity index (χ4n) is 2.25. The van der Waals surface area contributed by atoms with Crippen LogP contribution in [-0.4, -0.2) is 13.6 Å². The maximum absolute atomic E-state index is 3.36. The second-order valence-corrected chi connectivity index (χ2v) is 5.87. The molecule has 0 spiro atoms. The van der Waals surface area contributed by atoms with Crippen LogP contribution in [0.2, 0.25) is 0 Å². The van der Waals surface area contributed by atoms with Gasteiger partial charge in [-0.3, -0.25) is 0 Å². The molecule has 0 bridgehead atoms. The Morgan fingerprint density at radius 3 is 2.74 bits per heavy atom. The zero-order chi connectivity index (χ0) is 13.7. The second-order valence-electron chi connectivity index (χ2n) is 4.84. The Labute approximate surface area is 120 Å². The zero-order valence-corrected chi connectivity index (χ0v) is 12.8. The SMILES string of the molecule is CCNCc1ccc(N(C)Cc2cccs2)c(C)c1. The summed E-state index contributed by atoms with van der Waals surface area (Å²) in [6.07, 6.45) is 0. The van der Waals surface area contributed by atoms with Crippen LogP contribution in [0.1, 0.15) is 22.9 Å². The highest BCUT2D eigenvalue weighted by atomic mass is 32.1. The Morgan fingerprint density at radius 2 is 2.11 bits per heavy atom. The predicted molar refractivity (Wildman–Crippen MR) is 85.0 cm³/mol. The first kappa shape index (κ1) is 14.1. The van der Waals surface area contributed by atoms with E-state index in [9.17, 15) is 0 Å². The van der Waals surface area contributed by atoms with Gasteiger partial charge < -0.3 is 10.2 Å². The summed E-state index contributed by atoms with van der Waals surface area (Å²) in [7, 11) is 2.16. The van der Waals surface area contributed by atoms with Crippen LogP contribution >= 0.6 is 11.3 Å². The van der Waals surface area contributed by atoms with Crippen LogP contribution in [0.3, 0.4) is 0 Å². The van der Waals surface area contributed by atoms with Gasteiger partial charge in [0.05, 0.1) is 6.54 Å². The molecule has 1 N–H and O–H groups in total. The van der Waals surface area contributed by atoms with Gasteiger partial charge in [0.2, 0.25) is 0 Å². The van der Waals surface area contributed by atoms with Gasteiger partial charge in [-0.05, 0) is 42.1 Å². The minimum Gasteiger partial charge on any atom is -0.369 e. The second kappa shape index (κ2) is 6.73. The first-order chi connectivity index (χ1) is 9.20. The number of benzene rings is 1. The standard InChI is InChI=1S/C16H22N2S/c1-4-17-11-14-7-8-16(13(2)10-14)18(3)12-15-6-5-9-19-15/h5-10,17H,4,11-12H2,1-3H3. The molecule has 102 valence electrons. The molecule has 1 aromatic carbocycles. The lowest BCUT2D eigenvalue weighted by molar-refractivity contribution is 0.726. The molecule has 0 amide bonds. The number of rotatable bonds is 6. The Hall–Kier alpha value is -1.32. The third-order valence-electron chi connectivity index (χ3n) is 3.22. The summed E-state index contributed by atoms with van der Waals surface area (Å²) in [6, 6.07) is 11.0. The van der Waals surface area contributed by atoms with Crippen molar-refractivity contribution >= 4 is 17.0 Å². The Bertz CT molecular complexity index is 505. The lowest BCUT2D eigenvalue weighted by Gasteiger charge is -2.21. The van der Waals surface area contributed by atoms with Crippen molar-refractivity contribution < 1.29 is 0 Å². The molecule has 0 saturated carbocycles. The highest BCUT2D eigenvalue weighted by Gasteiger charge is 2.06. The van der Waals surface area contributed by atoms with Crippen LogP contribution in [-0.2, 0) is 13.1 Å². The molecule has 2 rings (SSSR count). The van der Waals surface area contributed by atoms with Gasteiger partial charge in [0.25, 0.3) is 0 Å². The van der Waals surface area contributed by atoms with Crippen LogP contribution < -0.4 is 10.2 Å². The summed E-state index contributed by atoms with van der Waals surface area (Å²) in [4.78, 5) is 3.72. The molecular weight excluding hydrogens is 252 g/mol. The van der Waals surface area contributed by atoms with E-state index in [-0.39, 0.29) is 0 Å². The van der Waals surface area contributed by atoms with E-state index in [1.807, 2.05) is 11.3 Å². The van der Waals surface area contributed by atoms with Gasteiger partial charge >= 0.3 is 0 Å². The van der Waals surface area contributed by atoms with Crippen LogP contribution in [0.5, 0.6) is 0 Å². The minimum atomic E-state index is 0.951. The van der Waals surface area contributed by atoms with Gasteiger partial charge in [0.15, 0.2) is 0 Å². The molecule has 1 heterocycles. The lowest BCUT2D eigenvalue weighted by Crippen LogP contribution is -2.17. The van der Waals surface area contributed by atoms with Crippen molar-refractivity contribution in [2.24, 2.45) is 0 Å². The summed E-state index contributed by atoms with van der Waals surface area (Å²) >= 11 is 1.81. The molecule has 0 fully saturated rings. The maximum Gasteiger partial charge on any atom is 0.0519 e.